The van der Waals surface area contributed by atoms with E-state index in [-0.39, 0.29) is 17.7 Å². The highest BCUT2D eigenvalue weighted by Crippen LogP contribution is 2.23. The quantitative estimate of drug-likeness (QED) is 0.886. The molecule has 2 aromatic rings. The van der Waals surface area contributed by atoms with Crippen LogP contribution in [-0.2, 0) is 4.79 Å². The fraction of sp³-hybridized carbons (Fsp3) is 0.333. The van der Waals surface area contributed by atoms with Crippen molar-refractivity contribution in [3.8, 4) is 0 Å². The Morgan fingerprint density at radius 2 is 1.82 bits per heavy atom. The van der Waals surface area contributed by atoms with E-state index in [2.05, 4.69) is 20.8 Å². The van der Waals surface area contributed by atoms with Crippen LogP contribution in [0.5, 0.6) is 0 Å². The summed E-state index contributed by atoms with van der Waals surface area (Å²) in [5.41, 5.74) is 1.16. The highest BCUT2D eigenvalue weighted by Gasteiger charge is 2.12. The van der Waals surface area contributed by atoms with Crippen molar-refractivity contribution in [2.75, 3.05) is 10.6 Å². The van der Waals surface area contributed by atoms with E-state index >= 15 is 0 Å². The third-order valence-electron chi connectivity index (χ3n) is 2.91. The smallest absolute Gasteiger partial charge is 0.257 e. The second-order valence-corrected chi connectivity index (χ2v) is 6.04. The number of amides is 2. The maximum Gasteiger partial charge on any atom is 0.257 e. The Morgan fingerprint density at radius 3 is 2.36 bits per heavy atom. The minimum atomic E-state index is -0.250. The van der Waals surface area contributed by atoms with Gasteiger partial charge in [-0.15, -0.1) is 10.2 Å². The van der Waals surface area contributed by atoms with E-state index in [1.54, 1.807) is 31.2 Å². The molecule has 0 unspecified atom stereocenters. The topological polar surface area (TPSA) is 84.0 Å². The summed E-state index contributed by atoms with van der Waals surface area (Å²) in [5, 5.41) is 14.8. The molecule has 1 heterocycles. The lowest BCUT2D eigenvalue weighted by atomic mass is 10.2. The van der Waals surface area contributed by atoms with Crippen LogP contribution in [0.2, 0.25) is 0 Å². The molecule has 2 rings (SSSR count). The molecule has 0 saturated carbocycles. The van der Waals surface area contributed by atoms with E-state index in [9.17, 15) is 9.59 Å². The van der Waals surface area contributed by atoms with E-state index in [0.717, 1.165) is 5.01 Å². The van der Waals surface area contributed by atoms with Gasteiger partial charge in [-0.3, -0.25) is 14.9 Å². The van der Waals surface area contributed by atoms with Crippen molar-refractivity contribution in [2.45, 2.75) is 33.1 Å². The number of hydrogen-bond acceptors (Lipinski definition) is 5. The highest BCUT2D eigenvalue weighted by atomic mass is 32.1. The minimum absolute atomic E-state index is 0.0627. The summed E-state index contributed by atoms with van der Waals surface area (Å²) in [6, 6.07) is 6.71. The average Bonchev–Trinajstić information content (AvgIpc) is 2.96. The first-order chi connectivity index (χ1) is 10.5. The summed E-state index contributed by atoms with van der Waals surface area (Å²) in [5.74, 6) is -0.0308. The van der Waals surface area contributed by atoms with Gasteiger partial charge >= 0.3 is 0 Å². The fourth-order valence-electron chi connectivity index (χ4n) is 1.64. The molecular weight excluding hydrogens is 300 g/mol. The minimum Gasteiger partial charge on any atom is -0.326 e. The zero-order valence-corrected chi connectivity index (χ0v) is 13.5. The molecular formula is C15H18N4O2S. The number of benzene rings is 1. The van der Waals surface area contributed by atoms with Gasteiger partial charge in [0.1, 0.15) is 5.01 Å². The SMILES string of the molecule is CCC(=O)Nc1ccc(C(=O)Nc2nnc(C(C)C)s2)cc1. The van der Waals surface area contributed by atoms with Gasteiger partial charge in [0.15, 0.2) is 0 Å². The molecule has 0 spiro atoms. The molecule has 2 N–H and O–H groups in total. The predicted molar refractivity (Wildman–Crippen MR) is 87.3 cm³/mol. The Hall–Kier alpha value is -2.28. The van der Waals surface area contributed by atoms with Crippen LogP contribution in [0.4, 0.5) is 10.8 Å². The maximum absolute atomic E-state index is 12.1. The number of carbonyl (C=O) groups is 2. The Balaban J connectivity index is 2.01. The molecule has 0 saturated heterocycles. The van der Waals surface area contributed by atoms with Gasteiger partial charge in [0.2, 0.25) is 11.0 Å². The van der Waals surface area contributed by atoms with Gasteiger partial charge in [-0.05, 0) is 24.3 Å². The number of nitrogens with one attached hydrogen (secondary N) is 2. The second-order valence-electron chi connectivity index (χ2n) is 5.03. The van der Waals surface area contributed by atoms with Crippen LogP contribution in [0, 0.1) is 0 Å². The van der Waals surface area contributed by atoms with Crippen molar-refractivity contribution < 1.29 is 9.59 Å². The summed E-state index contributed by atoms with van der Waals surface area (Å²) < 4.78 is 0. The van der Waals surface area contributed by atoms with Gasteiger partial charge in [0.05, 0.1) is 0 Å². The molecule has 7 heteroatoms. The first kappa shape index (κ1) is 16.1. The fourth-order valence-corrected chi connectivity index (χ4v) is 2.38. The van der Waals surface area contributed by atoms with E-state index in [1.807, 2.05) is 13.8 Å². The molecule has 1 aromatic carbocycles. The summed E-state index contributed by atoms with van der Waals surface area (Å²) in [4.78, 5) is 23.4. The molecule has 6 nitrogen and oxygen atoms in total. The van der Waals surface area contributed by atoms with E-state index < -0.39 is 0 Å². The first-order valence-electron chi connectivity index (χ1n) is 7.04. The van der Waals surface area contributed by atoms with Gasteiger partial charge in [0.25, 0.3) is 5.91 Å². The summed E-state index contributed by atoms with van der Waals surface area (Å²) >= 11 is 1.37. The molecule has 0 aliphatic heterocycles. The number of hydrogen-bond donors (Lipinski definition) is 2. The van der Waals surface area contributed by atoms with Gasteiger partial charge in [0, 0.05) is 23.6 Å². The number of carbonyl (C=O) groups excluding carboxylic acids is 2. The van der Waals surface area contributed by atoms with Gasteiger partial charge in [-0.1, -0.05) is 32.1 Å². The first-order valence-corrected chi connectivity index (χ1v) is 7.86. The normalized spacial score (nSPS) is 10.5. The Kier molecular flexibility index (Phi) is 5.21. The zero-order chi connectivity index (χ0) is 16.1. The van der Waals surface area contributed by atoms with Crippen molar-refractivity contribution >= 4 is 34.0 Å². The van der Waals surface area contributed by atoms with Crippen LogP contribution >= 0.6 is 11.3 Å². The van der Waals surface area contributed by atoms with Crippen LogP contribution in [-0.4, -0.2) is 22.0 Å². The van der Waals surface area contributed by atoms with Crippen LogP contribution < -0.4 is 10.6 Å². The lowest BCUT2D eigenvalue weighted by Crippen LogP contribution is -2.12. The standard InChI is InChI=1S/C15H18N4O2S/c1-4-12(20)16-11-7-5-10(6-8-11)13(21)17-15-19-18-14(22-15)9(2)3/h5-9H,4H2,1-3H3,(H,16,20)(H,17,19,21). The number of anilines is 2. The van der Waals surface area contributed by atoms with Gasteiger partial charge < -0.3 is 5.32 Å². The van der Waals surface area contributed by atoms with Crippen molar-refractivity contribution in [1.29, 1.82) is 0 Å². The summed E-state index contributed by atoms with van der Waals surface area (Å²) in [6.07, 6.45) is 0.414. The number of rotatable bonds is 5. The van der Waals surface area contributed by atoms with Crippen molar-refractivity contribution in [3.63, 3.8) is 0 Å². The van der Waals surface area contributed by atoms with Gasteiger partial charge in [-0.2, -0.15) is 0 Å². The molecule has 0 aliphatic rings. The zero-order valence-electron chi connectivity index (χ0n) is 12.7. The lowest BCUT2D eigenvalue weighted by molar-refractivity contribution is -0.115. The number of nitrogens with zero attached hydrogens (tertiary/aromatic N) is 2. The summed E-state index contributed by atoms with van der Waals surface area (Å²) in [7, 11) is 0. The van der Waals surface area contributed by atoms with Crippen molar-refractivity contribution in [3.05, 3.63) is 34.8 Å². The highest BCUT2D eigenvalue weighted by molar-refractivity contribution is 7.15. The Bertz CT molecular complexity index is 664. The third-order valence-corrected chi connectivity index (χ3v) is 4.05. The second kappa shape index (κ2) is 7.13. The maximum atomic E-state index is 12.1. The van der Waals surface area contributed by atoms with Crippen molar-refractivity contribution in [2.24, 2.45) is 0 Å². The average molecular weight is 318 g/mol. The van der Waals surface area contributed by atoms with Crippen LogP contribution in [0.25, 0.3) is 0 Å². The molecule has 1 aromatic heterocycles. The van der Waals surface area contributed by atoms with E-state index in [4.69, 9.17) is 0 Å². The largest absolute Gasteiger partial charge is 0.326 e. The summed E-state index contributed by atoms with van der Waals surface area (Å²) in [6.45, 7) is 5.83. The Labute approximate surface area is 133 Å². The molecule has 2 amide bonds. The molecule has 0 bridgehead atoms. The molecule has 0 atom stereocenters. The van der Waals surface area contributed by atoms with Gasteiger partial charge in [-0.25, -0.2) is 0 Å². The van der Waals surface area contributed by atoms with E-state index in [1.165, 1.54) is 11.3 Å². The van der Waals surface area contributed by atoms with E-state index in [0.29, 0.717) is 22.8 Å². The molecule has 116 valence electrons. The molecule has 0 aliphatic carbocycles. The third kappa shape index (κ3) is 4.11. The molecule has 0 fully saturated rings. The van der Waals surface area contributed by atoms with Crippen LogP contribution in [0.1, 0.15) is 48.5 Å². The Morgan fingerprint density at radius 1 is 1.14 bits per heavy atom. The van der Waals surface area contributed by atoms with Crippen molar-refractivity contribution in [1.82, 2.24) is 10.2 Å². The number of aromatic nitrogens is 2. The lowest BCUT2D eigenvalue weighted by Gasteiger charge is -2.05. The predicted octanol–water partition coefficient (Wildman–Crippen LogP) is 3.26. The molecule has 22 heavy (non-hydrogen) atoms. The van der Waals surface area contributed by atoms with Crippen LogP contribution in [0.3, 0.4) is 0 Å². The molecule has 0 radical (unpaired) electrons. The monoisotopic (exact) mass is 318 g/mol. The van der Waals surface area contributed by atoms with Crippen LogP contribution in [0.15, 0.2) is 24.3 Å².